The van der Waals surface area contributed by atoms with Crippen molar-refractivity contribution in [1.82, 2.24) is 25.7 Å². The molecule has 25 heavy (non-hydrogen) atoms. The third kappa shape index (κ3) is 4.91. The number of aliphatic hydroxyl groups excluding tert-OH is 1. The standard InChI is InChI=1S/C15H20N6O4/c1-3-25-15(24)21-20-14-18-7-9(2)12(19-14)10-6-11(17-8-10)13(23)16-4-5-22/h6-8,17,22H,3-5H2,1-2H3,(H,16,23)(H,21,24)(H,18,19,20). The van der Waals surface area contributed by atoms with Crippen LogP contribution in [0.2, 0.25) is 0 Å². The molecule has 10 heteroatoms. The van der Waals surface area contributed by atoms with Crippen LogP contribution in [0.1, 0.15) is 23.0 Å². The molecule has 0 radical (unpaired) electrons. The quantitative estimate of drug-likeness (QED) is 0.461. The maximum atomic E-state index is 11.9. The van der Waals surface area contributed by atoms with Gasteiger partial charge in [-0.3, -0.25) is 10.2 Å². The lowest BCUT2D eigenvalue weighted by molar-refractivity contribution is 0.0940. The molecule has 0 saturated heterocycles. The van der Waals surface area contributed by atoms with Crippen molar-refractivity contribution in [1.29, 1.82) is 0 Å². The molecule has 2 heterocycles. The van der Waals surface area contributed by atoms with Gasteiger partial charge in [0.15, 0.2) is 0 Å². The summed E-state index contributed by atoms with van der Waals surface area (Å²) < 4.78 is 4.73. The van der Waals surface area contributed by atoms with Crippen molar-refractivity contribution >= 4 is 17.9 Å². The Morgan fingerprint density at radius 2 is 2.20 bits per heavy atom. The van der Waals surface area contributed by atoms with E-state index in [4.69, 9.17) is 9.84 Å². The molecule has 2 rings (SSSR count). The number of hydrogen-bond acceptors (Lipinski definition) is 7. The van der Waals surface area contributed by atoms with Gasteiger partial charge in [-0.15, -0.1) is 0 Å². The smallest absolute Gasteiger partial charge is 0.426 e. The molecule has 0 aliphatic rings. The summed E-state index contributed by atoms with van der Waals surface area (Å²) in [7, 11) is 0. The predicted octanol–water partition coefficient (Wildman–Crippen LogP) is 0.575. The monoisotopic (exact) mass is 348 g/mol. The van der Waals surface area contributed by atoms with Crippen molar-refractivity contribution in [3.05, 3.63) is 29.7 Å². The van der Waals surface area contributed by atoms with Crippen LogP contribution in [-0.2, 0) is 4.74 Å². The van der Waals surface area contributed by atoms with E-state index in [1.165, 1.54) is 0 Å². The van der Waals surface area contributed by atoms with Gasteiger partial charge in [-0.1, -0.05) is 0 Å². The molecule has 0 bridgehead atoms. The van der Waals surface area contributed by atoms with Gasteiger partial charge in [-0.25, -0.2) is 20.2 Å². The van der Waals surface area contributed by atoms with E-state index in [9.17, 15) is 9.59 Å². The zero-order chi connectivity index (χ0) is 18.2. The number of carbonyl (C=O) groups is 2. The van der Waals surface area contributed by atoms with E-state index in [1.807, 2.05) is 6.92 Å². The number of aliphatic hydroxyl groups is 1. The van der Waals surface area contributed by atoms with E-state index in [0.29, 0.717) is 17.0 Å². The molecule has 0 aliphatic carbocycles. The van der Waals surface area contributed by atoms with Gasteiger partial charge >= 0.3 is 6.09 Å². The lowest BCUT2D eigenvalue weighted by Gasteiger charge is -2.09. The highest BCUT2D eigenvalue weighted by Crippen LogP contribution is 2.22. The maximum absolute atomic E-state index is 11.9. The Morgan fingerprint density at radius 3 is 2.92 bits per heavy atom. The number of carbonyl (C=O) groups excluding carboxylic acids is 2. The number of anilines is 1. The van der Waals surface area contributed by atoms with Crippen LogP contribution in [0.4, 0.5) is 10.7 Å². The van der Waals surface area contributed by atoms with E-state index in [-0.39, 0.29) is 31.6 Å². The second-order valence-corrected chi connectivity index (χ2v) is 4.98. The van der Waals surface area contributed by atoms with Crippen molar-refractivity contribution in [2.45, 2.75) is 13.8 Å². The lowest BCUT2D eigenvalue weighted by atomic mass is 10.1. The molecule has 0 aromatic carbocycles. The molecule has 2 aromatic heterocycles. The van der Waals surface area contributed by atoms with Crippen LogP contribution in [0.5, 0.6) is 0 Å². The average Bonchev–Trinajstić information content (AvgIpc) is 3.09. The van der Waals surface area contributed by atoms with Gasteiger partial charge in [-0.2, -0.15) is 0 Å². The van der Waals surface area contributed by atoms with Gasteiger partial charge in [0.2, 0.25) is 5.95 Å². The summed E-state index contributed by atoms with van der Waals surface area (Å²) in [5.74, 6) is -0.143. The largest absolute Gasteiger partial charge is 0.449 e. The fraction of sp³-hybridized carbons (Fsp3) is 0.333. The number of aromatic nitrogens is 3. The molecule has 2 amide bonds. The molecular weight excluding hydrogens is 328 g/mol. The van der Waals surface area contributed by atoms with Gasteiger partial charge in [-0.05, 0) is 25.5 Å². The number of ether oxygens (including phenoxy) is 1. The molecule has 2 aromatic rings. The molecule has 5 N–H and O–H groups in total. The third-order valence-corrected chi connectivity index (χ3v) is 3.12. The number of hydrazine groups is 1. The van der Waals surface area contributed by atoms with Crippen LogP contribution in [-0.4, -0.2) is 51.8 Å². The first-order valence-corrected chi connectivity index (χ1v) is 7.65. The minimum atomic E-state index is -0.641. The van der Waals surface area contributed by atoms with Crippen molar-refractivity contribution in [2.75, 3.05) is 25.2 Å². The molecule has 0 saturated carbocycles. The first-order chi connectivity index (χ1) is 12.0. The Kier molecular flexibility index (Phi) is 6.29. The second-order valence-electron chi connectivity index (χ2n) is 4.98. The lowest BCUT2D eigenvalue weighted by Crippen LogP contribution is -2.30. The highest BCUT2D eigenvalue weighted by molar-refractivity contribution is 5.93. The van der Waals surface area contributed by atoms with Gasteiger partial charge in [0.05, 0.1) is 18.9 Å². The fourth-order valence-corrected chi connectivity index (χ4v) is 2.00. The van der Waals surface area contributed by atoms with E-state index in [2.05, 4.69) is 31.1 Å². The molecule has 0 spiro atoms. The topological polar surface area (TPSA) is 141 Å². The number of aryl methyl sites for hydroxylation is 1. The predicted molar refractivity (Wildman–Crippen MR) is 89.8 cm³/mol. The Labute approximate surface area is 144 Å². The maximum Gasteiger partial charge on any atom is 0.426 e. The number of aromatic amines is 1. The first-order valence-electron chi connectivity index (χ1n) is 7.65. The van der Waals surface area contributed by atoms with Crippen molar-refractivity contribution < 1.29 is 19.4 Å². The number of amides is 2. The Bertz CT molecular complexity index is 745. The Balaban J connectivity index is 2.13. The summed E-state index contributed by atoms with van der Waals surface area (Å²) >= 11 is 0. The molecule has 134 valence electrons. The summed E-state index contributed by atoms with van der Waals surface area (Å²) in [4.78, 5) is 34.4. The SMILES string of the molecule is CCOC(=O)NNc1ncc(C)c(-c2c[nH]c(C(=O)NCCO)c2)n1. The molecule has 0 atom stereocenters. The van der Waals surface area contributed by atoms with Gasteiger partial charge in [0, 0.05) is 24.5 Å². The number of hydrogen-bond donors (Lipinski definition) is 5. The van der Waals surface area contributed by atoms with Crippen LogP contribution in [0.15, 0.2) is 18.5 Å². The minimum absolute atomic E-state index is 0.132. The van der Waals surface area contributed by atoms with Crippen LogP contribution in [0, 0.1) is 6.92 Å². The van der Waals surface area contributed by atoms with Crippen LogP contribution in [0.3, 0.4) is 0 Å². The second kappa shape index (κ2) is 8.64. The third-order valence-electron chi connectivity index (χ3n) is 3.12. The van der Waals surface area contributed by atoms with Crippen molar-refractivity contribution in [3.8, 4) is 11.3 Å². The zero-order valence-corrected chi connectivity index (χ0v) is 13.9. The van der Waals surface area contributed by atoms with E-state index < -0.39 is 6.09 Å². The average molecular weight is 348 g/mol. The van der Waals surface area contributed by atoms with Crippen LogP contribution in [0.25, 0.3) is 11.3 Å². The molecule has 0 fully saturated rings. The molecule has 0 unspecified atom stereocenters. The van der Waals surface area contributed by atoms with E-state index >= 15 is 0 Å². The van der Waals surface area contributed by atoms with Gasteiger partial charge < -0.3 is 20.1 Å². The van der Waals surface area contributed by atoms with Crippen molar-refractivity contribution in [2.24, 2.45) is 0 Å². The first kappa shape index (κ1) is 18.2. The van der Waals surface area contributed by atoms with Gasteiger partial charge in [0.25, 0.3) is 5.91 Å². The zero-order valence-electron chi connectivity index (χ0n) is 13.9. The molecular formula is C15H20N6O4. The molecule has 0 aliphatic heterocycles. The van der Waals surface area contributed by atoms with Gasteiger partial charge in [0.1, 0.15) is 5.69 Å². The Hall–Kier alpha value is -3.14. The van der Waals surface area contributed by atoms with Crippen molar-refractivity contribution in [3.63, 3.8) is 0 Å². The van der Waals surface area contributed by atoms with E-state index in [0.717, 1.165) is 5.56 Å². The minimum Gasteiger partial charge on any atom is -0.449 e. The summed E-state index contributed by atoms with van der Waals surface area (Å²) in [6, 6.07) is 1.64. The summed E-state index contributed by atoms with van der Waals surface area (Å²) in [6.45, 7) is 3.81. The summed E-state index contributed by atoms with van der Waals surface area (Å²) in [6.07, 6.45) is 2.60. The number of nitrogens with zero attached hydrogens (tertiary/aromatic N) is 2. The Morgan fingerprint density at radius 1 is 1.40 bits per heavy atom. The normalized spacial score (nSPS) is 10.2. The highest BCUT2D eigenvalue weighted by Gasteiger charge is 2.13. The van der Waals surface area contributed by atoms with Crippen LogP contribution < -0.4 is 16.2 Å². The van der Waals surface area contributed by atoms with E-state index in [1.54, 1.807) is 25.4 Å². The highest BCUT2D eigenvalue weighted by atomic mass is 16.5. The number of rotatable bonds is 7. The number of nitrogens with one attached hydrogen (secondary N) is 4. The molecule has 10 nitrogen and oxygen atoms in total. The number of H-pyrrole nitrogens is 1. The fourth-order valence-electron chi connectivity index (χ4n) is 2.00. The summed E-state index contributed by atoms with van der Waals surface area (Å²) in [5.41, 5.74) is 7.30. The summed E-state index contributed by atoms with van der Waals surface area (Å²) in [5, 5.41) is 11.3. The van der Waals surface area contributed by atoms with Crippen LogP contribution >= 0.6 is 0 Å².